The lowest BCUT2D eigenvalue weighted by atomic mass is 10.1. The number of rotatable bonds is 7. The van der Waals surface area contributed by atoms with Gasteiger partial charge in [-0.3, -0.25) is 0 Å². The molecule has 0 atom stereocenters. The van der Waals surface area contributed by atoms with Gasteiger partial charge in [-0.1, -0.05) is 30.3 Å². The lowest BCUT2D eigenvalue weighted by molar-refractivity contribution is 0.0600. The van der Waals surface area contributed by atoms with Gasteiger partial charge in [0.05, 0.1) is 23.3 Å². The van der Waals surface area contributed by atoms with Gasteiger partial charge in [0.1, 0.15) is 0 Å². The fourth-order valence-electron chi connectivity index (χ4n) is 2.16. The minimum absolute atomic E-state index is 0.000437. The van der Waals surface area contributed by atoms with Crippen LogP contribution in [0.4, 0.5) is 0 Å². The van der Waals surface area contributed by atoms with Crippen LogP contribution in [0.5, 0.6) is 0 Å². The van der Waals surface area contributed by atoms with Crippen molar-refractivity contribution in [3.63, 3.8) is 0 Å². The summed E-state index contributed by atoms with van der Waals surface area (Å²) in [6.07, 6.45) is 0. The average molecular weight is 398 g/mol. The van der Waals surface area contributed by atoms with Crippen LogP contribution < -0.4 is 9.86 Å². The molecule has 2 aromatic rings. The Labute approximate surface area is 152 Å². The summed E-state index contributed by atoms with van der Waals surface area (Å²) in [6.45, 7) is 0.000437. The average Bonchev–Trinajstić information content (AvgIpc) is 2.59. The Morgan fingerprint density at radius 3 is 2.23 bits per heavy atom. The summed E-state index contributed by atoms with van der Waals surface area (Å²) in [4.78, 5) is 11.5. The fourth-order valence-corrected chi connectivity index (χ4v) is 3.88. The van der Waals surface area contributed by atoms with Gasteiger partial charge >= 0.3 is 5.97 Å². The first-order valence-corrected chi connectivity index (χ1v) is 10.6. The van der Waals surface area contributed by atoms with Crippen LogP contribution in [0.15, 0.2) is 53.4 Å². The maximum atomic E-state index is 12.4. The van der Waals surface area contributed by atoms with E-state index >= 15 is 0 Å². The van der Waals surface area contributed by atoms with E-state index in [0.29, 0.717) is 11.1 Å². The van der Waals surface area contributed by atoms with Gasteiger partial charge in [-0.15, -0.1) is 0 Å². The number of methoxy groups -OCH3 is 1. The molecule has 140 valence electrons. The van der Waals surface area contributed by atoms with Crippen LogP contribution in [0.2, 0.25) is 0 Å². The molecule has 2 aromatic carbocycles. The number of esters is 1. The van der Waals surface area contributed by atoms with Crippen LogP contribution in [0.25, 0.3) is 0 Å². The number of hydrogen-bond acceptors (Lipinski definition) is 6. The maximum Gasteiger partial charge on any atom is 0.337 e. The lowest BCUT2D eigenvalue weighted by Gasteiger charge is -2.09. The minimum Gasteiger partial charge on any atom is -0.465 e. The molecule has 0 aliphatic rings. The normalized spacial score (nSPS) is 11.9. The molecule has 0 radical (unpaired) electrons. The van der Waals surface area contributed by atoms with Gasteiger partial charge in [0.15, 0.2) is 0 Å². The molecule has 0 saturated heterocycles. The van der Waals surface area contributed by atoms with E-state index < -0.39 is 26.0 Å². The molecule has 0 saturated carbocycles. The lowest BCUT2D eigenvalue weighted by Crippen LogP contribution is -2.23. The summed E-state index contributed by atoms with van der Waals surface area (Å²) in [5.74, 6) is -0.924. The largest absolute Gasteiger partial charge is 0.465 e. The first-order valence-electron chi connectivity index (χ1n) is 7.37. The van der Waals surface area contributed by atoms with Crippen LogP contribution in [0.1, 0.15) is 21.5 Å². The Hall–Kier alpha value is -2.27. The number of sulfonamides is 2. The molecule has 2 rings (SSSR count). The fraction of sp³-hybridized carbons (Fsp3) is 0.188. The summed E-state index contributed by atoms with van der Waals surface area (Å²) in [5.41, 5.74) is 1.27. The topological polar surface area (TPSA) is 133 Å². The van der Waals surface area contributed by atoms with Crippen LogP contribution in [-0.4, -0.2) is 29.9 Å². The van der Waals surface area contributed by atoms with E-state index in [2.05, 4.69) is 9.46 Å². The van der Waals surface area contributed by atoms with Gasteiger partial charge in [-0.05, 0) is 29.3 Å². The molecular weight excluding hydrogens is 380 g/mol. The van der Waals surface area contributed by atoms with Gasteiger partial charge in [0, 0.05) is 6.54 Å². The number of nitrogens with two attached hydrogens (primary N) is 1. The molecule has 0 spiro atoms. The van der Waals surface area contributed by atoms with Crippen molar-refractivity contribution < 1.29 is 26.4 Å². The molecule has 8 nitrogen and oxygen atoms in total. The molecule has 0 aliphatic heterocycles. The zero-order valence-electron chi connectivity index (χ0n) is 13.9. The van der Waals surface area contributed by atoms with E-state index in [-0.39, 0.29) is 22.8 Å². The van der Waals surface area contributed by atoms with Crippen molar-refractivity contribution in [1.82, 2.24) is 4.72 Å². The zero-order valence-corrected chi connectivity index (χ0v) is 15.5. The Morgan fingerprint density at radius 2 is 1.65 bits per heavy atom. The van der Waals surface area contributed by atoms with Crippen LogP contribution in [-0.2, 0) is 37.1 Å². The molecule has 0 fully saturated rings. The number of carbonyl (C=O) groups excluding carboxylic acids is 1. The standard InChI is InChI=1S/C16H18N2O6S2/c1-24-16(19)14-3-2-4-15(9-14)26(22,23)18-10-12-5-7-13(8-6-12)11-25(17,20)21/h2-9,18H,10-11H2,1H3,(H2,17,20,21). The SMILES string of the molecule is COC(=O)c1cccc(S(=O)(=O)NCc2ccc(CS(N)(=O)=O)cc2)c1. The molecule has 0 heterocycles. The van der Waals surface area contributed by atoms with E-state index in [1.54, 1.807) is 24.3 Å². The van der Waals surface area contributed by atoms with E-state index in [0.717, 1.165) is 0 Å². The summed E-state index contributed by atoms with van der Waals surface area (Å²) in [6, 6.07) is 11.8. The first-order chi connectivity index (χ1) is 12.1. The Bertz CT molecular complexity index is 999. The number of primary sulfonamides is 1. The summed E-state index contributed by atoms with van der Waals surface area (Å²) in [5, 5.41) is 4.98. The predicted molar refractivity (Wildman–Crippen MR) is 95.1 cm³/mol. The second kappa shape index (κ2) is 7.96. The van der Waals surface area contributed by atoms with Crippen molar-refractivity contribution in [2.24, 2.45) is 5.14 Å². The summed E-state index contributed by atoms with van der Waals surface area (Å²) < 4.78 is 53.8. The number of hydrogen-bond donors (Lipinski definition) is 2. The molecule has 0 amide bonds. The van der Waals surface area contributed by atoms with Crippen molar-refractivity contribution in [2.45, 2.75) is 17.2 Å². The molecular formula is C16H18N2O6S2. The van der Waals surface area contributed by atoms with Crippen LogP contribution in [0, 0.1) is 0 Å². The highest BCUT2D eigenvalue weighted by Crippen LogP contribution is 2.13. The molecule has 3 N–H and O–H groups in total. The highest BCUT2D eigenvalue weighted by Gasteiger charge is 2.16. The minimum atomic E-state index is -3.84. The third kappa shape index (κ3) is 5.63. The number of carbonyl (C=O) groups is 1. The van der Waals surface area contributed by atoms with Gasteiger partial charge in [0.25, 0.3) is 0 Å². The van der Waals surface area contributed by atoms with Crippen molar-refractivity contribution in [3.05, 3.63) is 65.2 Å². The molecule has 0 aliphatic carbocycles. The number of nitrogens with one attached hydrogen (secondary N) is 1. The van der Waals surface area contributed by atoms with Crippen molar-refractivity contribution in [1.29, 1.82) is 0 Å². The number of benzene rings is 2. The molecule has 0 bridgehead atoms. The second-order valence-corrected chi connectivity index (χ2v) is 8.85. The molecule has 0 unspecified atom stereocenters. The van der Waals surface area contributed by atoms with Crippen molar-refractivity contribution >= 4 is 26.0 Å². The van der Waals surface area contributed by atoms with E-state index in [1.165, 1.54) is 31.4 Å². The van der Waals surface area contributed by atoms with E-state index in [4.69, 9.17) is 5.14 Å². The Kier molecular flexibility index (Phi) is 6.13. The smallest absolute Gasteiger partial charge is 0.337 e. The first kappa shape index (κ1) is 20.0. The van der Waals surface area contributed by atoms with Gasteiger partial charge < -0.3 is 4.74 Å². The zero-order chi connectivity index (χ0) is 19.4. The highest BCUT2D eigenvalue weighted by atomic mass is 32.2. The van der Waals surface area contributed by atoms with Gasteiger partial charge in [-0.25, -0.2) is 31.5 Å². The van der Waals surface area contributed by atoms with Crippen LogP contribution >= 0.6 is 0 Å². The van der Waals surface area contributed by atoms with Gasteiger partial charge in [0.2, 0.25) is 20.0 Å². The predicted octanol–water partition coefficient (Wildman–Crippen LogP) is 0.740. The van der Waals surface area contributed by atoms with Gasteiger partial charge in [-0.2, -0.15) is 0 Å². The van der Waals surface area contributed by atoms with Crippen molar-refractivity contribution in [3.8, 4) is 0 Å². The monoisotopic (exact) mass is 398 g/mol. The maximum absolute atomic E-state index is 12.4. The summed E-state index contributed by atoms with van der Waals surface area (Å²) >= 11 is 0. The third-order valence-corrected chi connectivity index (χ3v) is 5.56. The van der Waals surface area contributed by atoms with Crippen LogP contribution in [0.3, 0.4) is 0 Å². The number of ether oxygens (including phenoxy) is 1. The quantitative estimate of drug-likeness (QED) is 0.661. The van der Waals surface area contributed by atoms with E-state index in [1.807, 2.05) is 0 Å². The molecule has 26 heavy (non-hydrogen) atoms. The van der Waals surface area contributed by atoms with E-state index in [9.17, 15) is 21.6 Å². The molecule has 10 heteroatoms. The highest BCUT2D eigenvalue weighted by molar-refractivity contribution is 7.89. The van der Waals surface area contributed by atoms with Crippen molar-refractivity contribution in [2.75, 3.05) is 7.11 Å². The summed E-state index contributed by atoms with van der Waals surface area (Å²) in [7, 11) is -6.25. The molecule has 0 aromatic heterocycles. The second-order valence-electron chi connectivity index (χ2n) is 5.47. The Balaban J connectivity index is 2.10. The Morgan fingerprint density at radius 1 is 1.04 bits per heavy atom. The third-order valence-electron chi connectivity index (χ3n) is 3.42.